The fourth-order valence-corrected chi connectivity index (χ4v) is 2.67. The summed E-state index contributed by atoms with van der Waals surface area (Å²) in [6.07, 6.45) is 6.30. The first-order valence-corrected chi connectivity index (χ1v) is 7.35. The molecule has 0 bridgehead atoms. The van der Waals surface area contributed by atoms with Crippen LogP contribution in [0.15, 0.2) is 55.0 Å². The summed E-state index contributed by atoms with van der Waals surface area (Å²) in [6, 6.07) is 12.0. The number of carbonyl (C=O) groups is 1. The van der Waals surface area contributed by atoms with Crippen LogP contribution in [0.5, 0.6) is 0 Å². The number of fused-ring (bicyclic) bond motifs is 1. The summed E-state index contributed by atoms with van der Waals surface area (Å²) in [6.45, 7) is 0.687. The molecule has 112 valence electrons. The van der Waals surface area contributed by atoms with Gasteiger partial charge in [0, 0.05) is 50.1 Å². The van der Waals surface area contributed by atoms with Gasteiger partial charge < -0.3 is 9.47 Å². The molecule has 0 fully saturated rings. The molecule has 3 aromatic rings. The van der Waals surface area contributed by atoms with Crippen LogP contribution >= 0.6 is 0 Å². The number of amides is 1. The number of pyridine rings is 1. The Labute approximate surface area is 130 Å². The van der Waals surface area contributed by atoms with E-state index in [0.717, 1.165) is 22.9 Å². The van der Waals surface area contributed by atoms with Gasteiger partial charge in [0.1, 0.15) is 0 Å². The van der Waals surface area contributed by atoms with Crippen molar-refractivity contribution in [3.8, 4) is 0 Å². The van der Waals surface area contributed by atoms with E-state index in [1.54, 1.807) is 17.3 Å². The normalized spacial score (nSPS) is 10.8. The Morgan fingerprint density at radius 3 is 2.68 bits per heavy atom. The number of nitrogens with zero attached hydrogens (tertiary/aromatic N) is 3. The number of benzene rings is 1. The number of para-hydroxylation sites is 1. The zero-order valence-corrected chi connectivity index (χ0v) is 12.9. The number of likely N-dealkylation sites (N-methyl/N-ethyl adjacent to an activating group) is 1. The molecule has 3 rings (SSSR count). The minimum Gasteiger partial charge on any atom is -0.350 e. The van der Waals surface area contributed by atoms with Crippen LogP contribution in [0.3, 0.4) is 0 Å². The van der Waals surface area contributed by atoms with E-state index in [-0.39, 0.29) is 5.91 Å². The van der Waals surface area contributed by atoms with Crippen LogP contribution in [0.1, 0.15) is 15.9 Å². The summed E-state index contributed by atoms with van der Waals surface area (Å²) in [5.41, 5.74) is 3.02. The van der Waals surface area contributed by atoms with Crippen molar-refractivity contribution >= 4 is 16.8 Å². The number of hydrogen-bond acceptors (Lipinski definition) is 2. The van der Waals surface area contributed by atoms with Crippen molar-refractivity contribution in [2.45, 2.75) is 6.42 Å². The van der Waals surface area contributed by atoms with Crippen molar-refractivity contribution in [1.29, 1.82) is 0 Å². The Bertz CT molecular complexity index is 792. The smallest absolute Gasteiger partial charge is 0.255 e. The Morgan fingerprint density at radius 1 is 1.18 bits per heavy atom. The van der Waals surface area contributed by atoms with Crippen molar-refractivity contribution < 1.29 is 4.79 Å². The molecular formula is C18H19N3O. The Morgan fingerprint density at radius 2 is 1.91 bits per heavy atom. The molecule has 2 heterocycles. The fraction of sp³-hybridized carbons (Fsp3) is 0.222. The van der Waals surface area contributed by atoms with Gasteiger partial charge in [0.15, 0.2) is 0 Å². The molecule has 0 unspecified atom stereocenters. The first-order valence-electron chi connectivity index (χ1n) is 7.35. The van der Waals surface area contributed by atoms with Gasteiger partial charge in [-0.3, -0.25) is 9.78 Å². The first-order chi connectivity index (χ1) is 10.7. The molecule has 0 spiro atoms. The van der Waals surface area contributed by atoms with Crippen LogP contribution in [-0.4, -0.2) is 34.0 Å². The topological polar surface area (TPSA) is 38.1 Å². The molecule has 0 radical (unpaired) electrons. The lowest BCUT2D eigenvalue weighted by Crippen LogP contribution is -2.28. The standard InChI is InChI=1S/C18H19N3O/c1-20(12-9-14-7-10-19-11-8-14)18(22)16-13-21(2)17-6-4-3-5-15(16)17/h3-8,10-11,13H,9,12H2,1-2H3. The van der Waals surface area contributed by atoms with Crippen molar-refractivity contribution in [3.63, 3.8) is 0 Å². The van der Waals surface area contributed by atoms with Gasteiger partial charge in [-0.1, -0.05) is 18.2 Å². The van der Waals surface area contributed by atoms with Crippen molar-refractivity contribution in [2.24, 2.45) is 7.05 Å². The second-order valence-corrected chi connectivity index (χ2v) is 5.50. The summed E-state index contributed by atoms with van der Waals surface area (Å²) in [7, 11) is 3.82. The number of aromatic nitrogens is 2. The van der Waals surface area contributed by atoms with Crippen molar-refractivity contribution in [1.82, 2.24) is 14.5 Å². The SMILES string of the molecule is CN(CCc1ccncc1)C(=O)c1cn(C)c2ccccc12. The molecule has 0 aliphatic carbocycles. The first kappa shape index (κ1) is 14.3. The minimum atomic E-state index is 0.0610. The summed E-state index contributed by atoms with van der Waals surface area (Å²) in [4.78, 5) is 18.5. The Balaban J connectivity index is 1.77. The molecule has 1 aromatic carbocycles. The zero-order chi connectivity index (χ0) is 15.5. The van der Waals surface area contributed by atoms with Gasteiger partial charge in [-0.05, 0) is 30.2 Å². The fourth-order valence-electron chi connectivity index (χ4n) is 2.67. The van der Waals surface area contributed by atoms with Gasteiger partial charge in [-0.25, -0.2) is 0 Å². The molecule has 0 aliphatic rings. The maximum absolute atomic E-state index is 12.7. The van der Waals surface area contributed by atoms with Crippen molar-refractivity contribution in [3.05, 3.63) is 66.1 Å². The van der Waals surface area contributed by atoms with Gasteiger partial charge in [0.05, 0.1) is 5.56 Å². The minimum absolute atomic E-state index is 0.0610. The highest BCUT2D eigenvalue weighted by Crippen LogP contribution is 2.21. The monoisotopic (exact) mass is 293 g/mol. The second kappa shape index (κ2) is 6.02. The van der Waals surface area contributed by atoms with Gasteiger partial charge in [0.2, 0.25) is 0 Å². The van der Waals surface area contributed by atoms with E-state index >= 15 is 0 Å². The molecule has 1 amide bonds. The summed E-state index contributed by atoms with van der Waals surface area (Å²) in [5, 5.41) is 1.01. The lowest BCUT2D eigenvalue weighted by Gasteiger charge is -2.16. The molecule has 0 aliphatic heterocycles. The third-order valence-corrected chi connectivity index (χ3v) is 3.96. The average Bonchev–Trinajstić information content (AvgIpc) is 2.90. The van der Waals surface area contributed by atoms with Gasteiger partial charge in [-0.15, -0.1) is 0 Å². The van der Waals surface area contributed by atoms with E-state index in [2.05, 4.69) is 4.98 Å². The highest BCUT2D eigenvalue weighted by Gasteiger charge is 2.17. The van der Waals surface area contributed by atoms with Gasteiger partial charge in [0.25, 0.3) is 5.91 Å². The van der Waals surface area contributed by atoms with Gasteiger partial charge >= 0.3 is 0 Å². The lowest BCUT2D eigenvalue weighted by molar-refractivity contribution is 0.0798. The largest absolute Gasteiger partial charge is 0.350 e. The maximum atomic E-state index is 12.7. The second-order valence-electron chi connectivity index (χ2n) is 5.50. The molecule has 0 saturated carbocycles. The van der Waals surface area contributed by atoms with E-state index in [4.69, 9.17) is 0 Å². The summed E-state index contributed by atoms with van der Waals surface area (Å²) in [5.74, 6) is 0.0610. The highest BCUT2D eigenvalue weighted by molar-refractivity contribution is 6.06. The van der Waals surface area contributed by atoms with E-state index in [0.29, 0.717) is 6.54 Å². The third kappa shape index (κ3) is 2.72. The van der Waals surface area contributed by atoms with Crippen molar-refractivity contribution in [2.75, 3.05) is 13.6 Å². The third-order valence-electron chi connectivity index (χ3n) is 3.96. The molecular weight excluding hydrogens is 274 g/mol. The average molecular weight is 293 g/mol. The summed E-state index contributed by atoms with van der Waals surface area (Å²) < 4.78 is 2.00. The molecule has 0 N–H and O–H groups in total. The van der Waals surface area contributed by atoms with Crippen LogP contribution in [-0.2, 0) is 13.5 Å². The molecule has 0 atom stereocenters. The molecule has 22 heavy (non-hydrogen) atoms. The van der Waals surface area contributed by atoms with Gasteiger partial charge in [-0.2, -0.15) is 0 Å². The molecule has 0 saturated heterocycles. The number of hydrogen-bond donors (Lipinski definition) is 0. The predicted octanol–water partition coefficient (Wildman–Crippen LogP) is 2.89. The van der Waals surface area contributed by atoms with Crippen LogP contribution in [0.4, 0.5) is 0 Å². The van der Waals surface area contributed by atoms with E-state index < -0.39 is 0 Å². The van der Waals surface area contributed by atoms with Crippen LogP contribution in [0.2, 0.25) is 0 Å². The van der Waals surface area contributed by atoms with Crippen LogP contribution in [0.25, 0.3) is 10.9 Å². The van der Waals surface area contributed by atoms with E-state index in [1.807, 2.05) is 61.3 Å². The zero-order valence-electron chi connectivity index (χ0n) is 12.9. The molecule has 2 aromatic heterocycles. The molecule has 4 nitrogen and oxygen atoms in total. The number of carbonyl (C=O) groups excluding carboxylic acids is 1. The van der Waals surface area contributed by atoms with E-state index in [1.165, 1.54) is 5.56 Å². The highest BCUT2D eigenvalue weighted by atomic mass is 16.2. The number of rotatable bonds is 4. The lowest BCUT2D eigenvalue weighted by atomic mass is 10.1. The van der Waals surface area contributed by atoms with Crippen LogP contribution in [0, 0.1) is 0 Å². The molecule has 4 heteroatoms. The van der Waals surface area contributed by atoms with E-state index in [9.17, 15) is 4.79 Å². The Kier molecular flexibility index (Phi) is 3.92. The Hall–Kier alpha value is -2.62. The predicted molar refractivity (Wildman–Crippen MR) is 87.8 cm³/mol. The number of aryl methyl sites for hydroxylation is 1. The maximum Gasteiger partial charge on any atom is 0.255 e. The summed E-state index contributed by atoms with van der Waals surface area (Å²) >= 11 is 0. The quantitative estimate of drug-likeness (QED) is 0.742. The van der Waals surface area contributed by atoms with Crippen LogP contribution < -0.4 is 0 Å².